The first-order valence-electron chi connectivity index (χ1n) is 10.8. The summed E-state index contributed by atoms with van der Waals surface area (Å²) in [5.74, 6) is 0. The Hall–Kier alpha value is -2.77. The largest absolute Gasteiger partial charge is 0.445 e. The fraction of sp³-hybridized carbons (Fsp3) is 0.417. The molecule has 0 saturated heterocycles. The number of alkyl carbamates (subject to hydrolysis) is 1. The van der Waals surface area contributed by atoms with Gasteiger partial charge in [-0.3, -0.25) is 0 Å². The van der Waals surface area contributed by atoms with Gasteiger partial charge in [0.15, 0.2) is 0 Å². The van der Waals surface area contributed by atoms with Gasteiger partial charge >= 0.3 is 12.2 Å². The van der Waals surface area contributed by atoms with Crippen molar-refractivity contribution in [3.63, 3.8) is 0 Å². The number of nitrogens with zero attached hydrogens (tertiary/aromatic N) is 1. The minimum absolute atomic E-state index is 0. The van der Waals surface area contributed by atoms with Crippen molar-refractivity contribution in [1.29, 1.82) is 0 Å². The average Bonchev–Trinajstić information content (AvgIpc) is 2.82. The highest BCUT2D eigenvalue weighted by atomic mass is 35.5. The zero-order chi connectivity index (χ0) is 21.9. The van der Waals surface area contributed by atoms with Gasteiger partial charge in [0.25, 0.3) is 0 Å². The van der Waals surface area contributed by atoms with Crippen LogP contribution in [-0.2, 0) is 22.7 Å². The molecule has 2 amide bonds. The molecule has 0 atom stereocenters. The van der Waals surface area contributed by atoms with E-state index in [0.29, 0.717) is 13.1 Å². The number of carbonyl (C=O) groups is 2. The summed E-state index contributed by atoms with van der Waals surface area (Å²) in [6.45, 7) is 1.32. The Bertz CT molecular complexity index is 815. The Kier molecular flexibility index (Phi) is 10.8. The van der Waals surface area contributed by atoms with Gasteiger partial charge in [0, 0.05) is 25.2 Å². The summed E-state index contributed by atoms with van der Waals surface area (Å²) in [6, 6.07) is 19.3. The first kappa shape index (κ1) is 25.5. The van der Waals surface area contributed by atoms with Crippen LogP contribution in [0.25, 0.3) is 0 Å². The van der Waals surface area contributed by atoms with Crippen molar-refractivity contribution in [2.24, 2.45) is 5.73 Å². The van der Waals surface area contributed by atoms with Gasteiger partial charge in [-0.15, -0.1) is 12.4 Å². The van der Waals surface area contributed by atoms with Gasteiger partial charge in [-0.1, -0.05) is 60.7 Å². The first-order valence-corrected chi connectivity index (χ1v) is 10.8. The molecule has 1 saturated carbocycles. The molecule has 1 fully saturated rings. The molecule has 1 aliphatic rings. The van der Waals surface area contributed by atoms with Crippen LogP contribution >= 0.6 is 12.4 Å². The van der Waals surface area contributed by atoms with Gasteiger partial charge in [-0.05, 0) is 36.8 Å². The monoisotopic (exact) mass is 461 g/mol. The number of carbonyl (C=O) groups excluding carboxylic acids is 2. The van der Waals surface area contributed by atoms with Crippen molar-refractivity contribution in [2.75, 3.05) is 13.1 Å². The molecule has 174 valence electrons. The molecule has 0 aromatic heterocycles. The maximum atomic E-state index is 12.6. The molecule has 1 aliphatic carbocycles. The maximum Gasteiger partial charge on any atom is 0.410 e. The molecule has 3 rings (SSSR count). The molecule has 2 aromatic rings. The van der Waals surface area contributed by atoms with Gasteiger partial charge in [0.2, 0.25) is 0 Å². The van der Waals surface area contributed by atoms with E-state index >= 15 is 0 Å². The van der Waals surface area contributed by atoms with Crippen molar-refractivity contribution in [1.82, 2.24) is 10.2 Å². The lowest BCUT2D eigenvalue weighted by Crippen LogP contribution is -2.48. The molecular formula is C24H32ClN3O4. The molecular weight excluding hydrogens is 430 g/mol. The number of amides is 2. The maximum absolute atomic E-state index is 12.6. The number of halogens is 1. The van der Waals surface area contributed by atoms with Crippen LogP contribution in [-0.4, -0.2) is 42.3 Å². The molecule has 0 aliphatic heterocycles. The van der Waals surface area contributed by atoms with E-state index in [1.165, 1.54) is 0 Å². The zero-order valence-corrected chi connectivity index (χ0v) is 19.0. The van der Waals surface area contributed by atoms with Crippen LogP contribution in [0.3, 0.4) is 0 Å². The molecule has 7 nitrogen and oxygen atoms in total. The minimum atomic E-state index is -0.409. The van der Waals surface area contributed by atoms with Crippen LogP contribution in [0.4, 0.5) is 9.59 Å². The molecule has 0 heterocycles. The predicted molar refractivity (Wildman–Crippen MR) is 125 cm³/mol. The van der Waals surface area contributed by atoms with Gasteiger partial charge in [0.1, 0.15) is 13.2 Å². The summed E-state index contributed by atoms with van der Waals surface area (Å²) >= 11 is 0. The average molecular weight is 462 g/mol. The summed E-state index contributed by atoms with van der Waals surface area (Å²) in [7, 11) is 0. The number of ether oxygens (including phenoxy) is 2. The SMILES string of the molecule is Cl.NCCN(C(=O)OCc1ccccc1)C1CCC(NC(=O)OCc2ccccc2)CC1. The van der Waals surface area contributed by atoms with Crippen molar-refractivity contribution in [3.05, 3.63) is 71.8 Å². The lowest BCUT2D eigenvalue weighted by molar-refractivity contribution is 0.0695. The molecule has 0 unspecified atom stereocenters. The third-order valence-electron chi connectivity index (χ3n) is 5.48. The fourth-order valence-electron chi connectivity index (χ4n) is 3.83. The topological polar surface area (TPSA) is 93.9 Å². The highest BCUT2D eigenvalue weighted by Gasteiger charge is 2.30. The second kappa shape index (κ2) is 13.6. The highest BCUT2D eigenvalue weighted by molar-refractivity contribution is 5.85. The summed E-state index contributed by atoms with van der Waals surface area (Å²) in [5, 5.41) is 2.94. The van der Waals surface area contributed by atoms with Crippen molar-refractivity contribution in [2.45, 2.75) is 51.0 Å². The number of rotatable bonds is 8. The van der Waals surface area contributed by atoms with Crippen LogP contribution in [0.15, 0.2) is 60.7 Å². The van der Waals surface area contributed by atoms with Gasteiger partial charge < -0.3 is 25.4 Å². The molecule has 0 bridgehead atoms. The quantitative estimate of drug-likeness (QED) is 0.613. The van der Waals surface area contributed by atoms with E-state index in [-0.39, 0.29) is 43.8 Å². The lowest BCUT2D eigenvalue weighted by Gasteiger charge is -2.36. The second-order valence-electron chi connectivity index (χ2n) is 7.73. The number of benzene rings is 2. The second-order valence-corrected chi connectivity index (χ2v) is 7.73. The third kappa shape index (κ3) is 8.05. The molecule has 2 aromatic carbocycles. The van der Waals surface area contributed by atoms with Crippen molar-refractivity contribution >= 4 is 24.6 Å². The predicted octanol–water partition coefficient (Wildman–Crippen LogP) is 4.24. The Balaban J connectivity index is 0.00000363. The lowest BCUT2D eigenvalue weighted by atomic mass is 9.90. The van der Waals surface area contributed by atoms with Crippen LogP contribution in [0.2, 0.25) is 0 Å². The van der Waals surface area contributed by atoms with Crippen LogP contribution in [0.5, 0.6) is 0 Å². The Morgan fingerprint density at radius 2 is 1.41 bits per heavy atom. The zero-order valence-electron chi connectivity index (χ0n) is 18.2. The van der Waals surface area contributed by atoms with Crippen molar-refractivity contribution < 1.29 is 19.1 Å². The minimum Gasteiger partial charge on any atom is -0.445 e. The standard InChI is InChI=1S/C24H31N3O4.ClH/c25-15-16-27(24(29)31-18-20-9-5-2-6-10-20)22-13-11-21(12-14-22)26-23(28)30-17-19-7-3-1-4-8-19;/h1-10,21-22H,11-18,25H2,(H,26,28);1H. The van der Waals surface area contributed by atoms with Gasteiger partial charge in [-0.2, -0.15) is 0 Å². The van der Waals surface area contributed by atoms with Crippen LogP contribution in [0.1, 0.15) is 36.8 Å². The Labute approximate surface area is 195 Å². The number of nitrogens with two attached hydrogens (primary N) is 1. The highest BCUT2D eigenvalue weighted by Crippen LogP contribution is 2.24. The number of nitrogens with one attached hydrogen (secondary N) is 1. The molecule has 32 heavy (non-hydrogen) atoms. The summed E-state index contributed by atoms with van der Waals surface area (Å²) < 4.78 is 10.8. The molecule has 0 spiro atoms. The van der Waals surface area contributed by atoms with E-state index in [4.69, 9.17) is 15.2 Å². The number of hydrogen-bond donors (Lipinski definition) is 2. The van der Waals surface area contributed by atoms with E-state index in [1.54, 1.807) is 4.90 Å². The van der Waals surface area contributed by atoms with Crippen LogP contribution < -0.4 is 11.1 Å². The fourth-order valence-corrected chi connectivity index (χ4v) is 3.83. The summed E-state index contributed by atoms with van der Waals surface area (Å²) in [5.41, 5.74) is 7.63. The first-order chi connectivity index (χ1) is 15.2. The summed E-state index contributed by atoms with van der Waals surface area (Å²) in [4.78, 5) is 26.5. The van der Waals surface area contributed by atoms with E-state index in [1.807, 2.05) is 60.7 Å². The van der Waals surface area contributed by atoms with Crippen LogP contribution in [0, 0.1) is 0 Å². The molecule has 3 N–H and O–H groups in total. The van der Waals surface area contributed by atoms with E-state index < -0.39 is 6.09 Å². The van der Waals surface area contributed by atoms with Gasteiger partial charge in [-0.25, -0.2) is 9.59 Å². The smallest absolute Gasteiger partial charge is 0.410 e. The normalized spacial score (nSPS) is 17.5. The summed E-state index contributed by atoms with van der Waals surface area (Å²) in [6.07, 6.45) is 2.37. The van der Waals surface area contributed by atoms with E-state index in [2.05, 4.69) is 5.32 Å². The number of hydrogen-bond acceptors (Lipinski definition) is 5. The Morgan fingerprint density at radius 1 is 0.875 bits per heavy atom. The van der Waals surface area contributed by atoms with Gasteiger partial charge in [0.05, 0.1) is 0 Å². The van der Waals surface area contributed by atoms with E-state index in [0.717, 1.165) is 36.8 Å². The van der Waals surface area contributed by atoms with Crippen molar-refractivity contribution in [3.8, 4) is 0 Å². The Morgan fingerprint density at radius 3 is 1.94 bits per heavy atom. The molecule has 8 heteroatoms. The van der Waals surface area contributed by atoms with E-state index in [9.17, 15) is 9.59 Å². The third-order valence-corrected chi connectivity index (χ3v) is 5.48. The molecule has 0 radical (unpaired) electrons.